The third-order valence-electron chi connectivity index (χ3n) is 8.35. The van der Waals surface area contributed by atoms with Crippen molar-refractivity contribution in [2.75, 3.05) is 6.61 Å². The lowest BCUT2D eigenvalue weighted by Crippen LogP contribution is -2.60. The molecule has 3 aliphatic rings. The average Bonchev–Trinajstić information content (AvgIpc) is 2.63. The van der Waals surface area contributed by atoms with E-state index < -0.39 is 17.9 Å². The molecule has 3 N–H and O–H groups in total. The van der Waals surface area contributed by atoms with Gasteiger partial charge in [0.15, 0.2) is 5.92 Å². The zero-order chi connectivity index (χ0) is 30.4. The fraction of sp³-hybridized carbons (Fsp3) is 0.938. The summed E-state index contributed by atoms with van der Waals surface area (Å²) >= 11 is 0. The number of piperidine rings is 3. The molecule has 0 spiro atoms. The summed E-state index contributed by atoms with van der Waals surface area (Å²) in [6, 6.07) is 0. The van der Waals surface area contributed by atoms with Gasteiger partial charge < -0.3 is 30.2 Å². The Hall–Kier alpha value is -1.22. The molecule has 40 heavy (non-hydrogen) atoms. The van der Waals surface area contributed by atoms with E-state index in [1.54, 1.807) is 0 Å². The molecule has 0 amide bonds. The summed E-state index contributed by atoms with van der Waals surface area (Å²) in [5, 5.41) is 10.9. The van der Waals surface area contributed by atoms with Crippen molar-refractivity contribution >= 4 is 11.9 Å². The summed E-state index contributed by atoms with van der Waals surface area (Å²) in [7, 11) is 0. The molecule has 0 atom stereocenters. The van der Waals surface area contributed by atoms with Gasteiger partial charge in [-0.1, -0.05) is 0 Å². The highest BCUT2D eigenvalue weighted by Gasteiger charge is 2.44. The number of hydrogen-bond donors (Lipinski definition) is 3. The zero-order valence-corrected chi connectivity index (χ0v) is 27.5. The predicted octanol–water partition coefficient (Wildman–Crippen LogP) is 5.02. The lowest BCUT2D eigenvalue weighted by molar-refractivity contribution is -0.173. The molecule has 0 aromatic rings. The first-order valence-electron chi connectivity index (χ1n) is 15.4. The Kier molecular flexibility index (Phi) is 9.54. The number of rotatable bonds is 8. The maximum Gasteiger partial charge on any atom is 0.320 e. The predicted molar refractivity (Wildman–Crippen MR) is 159 cm³/mol. The van der Waals surface area contributed by atoms with Crippen molar-refractivity contribution in [2.45, 2.75) is 180 Å². The topological polar surface area (TPSA) is 97.9 Å². The van der Waals surface area contributed by atoms with Crippen molar-refractivity contribution in [3.8, 4) is 0 Å². The molecule has 0 unspecified atom stereocenters. The summed E-state index contributed by atoms with van der Waals surface area (Å²) in [4.78, 5) is 27.3. The van der Waals surface area contributed by atoms with Crippen LogP contribution < -0.4 is 16.0 Å². The summed E-state index contributed by atoms with van der Waals surface area (Å²) < 4.78 is 18.5. The van der Waals surface area contributed by atoms with Crippen LogP contribution in [0.15, 0.2) is 0 Å². The van der Waals surface area contributed by atoms with E-state index in [0.29, 0.717) is 32.3 Å². The normalized spacial score (nSPS) is 27.7. The third kappa shape index (κ3) is 9.95. The van der Waals surface area contributed by atoms with E-state index in [2.05, 4.69) is 99.0 Å². The average molecular weight is 566 g/mol. The van der Waals surface area contributed by atoms with Gasteiger partial charge in [0.2, 0.25) is 0 Å². The van der Waals surface area contributed by atoms with Gasteiger partial charge in [-0.3, -0.25) is 9.59 Å². The van der Waals surface area contributed by atoms with Crippen LogP contribution in [-0.2, 0) is 23.8 Å². The van der Waals surface area contributed by atoms with Gasteiger partial charge in [0.1, 0.15) is 12.2 Å². The first-order valence-corrected chi connectivity index (χ1v) is 15.4. The van der Waals surface area contributed by atoms with Crippen LogP contribution in [0.3, 0.4) is 0 Å². The van der Waals surface area contributed by atoms with Crippen LogP contribution in [0.5, 0.6) is 0 Å². The Morgan fingerprint density at radius 1 is 0.550 bits per heavy atom. The molecule has 0 bridgehead atoms. The van der Waals surface area contributed by atoms with E-state index in [-0.39, 0.29) is 58.0 Å². The zero-order valence-electron chi connectivity index (χ0n) is 27.5. The molecule has 0 saturated carbocycles. The molecule has 8 nitrogen and oxygen atoms in total. The highest BCUT2D eigenvalue weighted by molar-refractivity contribution is 5.95. The summed E-state index contributed by atoms with van der Waals surface area (Å²) in [6.07, 6.45) is 4.27. The fourth-order valence-corrected chi connectivity index (χ4v) is 8.15. The van der Waals surface area contributed by atoms with E-state index in [4.69, 9.17) is 14.2 Å². The molecule has 0 aliphatic carbocycles. The molecular formula is C32H59N3O5. The molecule has 0 radical (unpaired) electrons. The van der Waals surface area contributed by atoms with Gasteiger partial charge in [0.05, 0.1) is 6.10 Å². The molecular weight excluding hydrogens is 506 g/mol. The lowest BCUT2D eigenvalue weighted by Gasteiger charge is -2.46. The largest absolute Gasteiger partial charge is 0.462 e. The molecule has 0 aromatic carbocycles. The smallest absolute Gasteiger partial charge is 0.320 e. The molecule has 8 heteroatoms. The molecule has 0 aromatic heterocycles. The Labute approximate surface area is 243 Å². The Morgan fingerprint density at radius 3 is 1.12 bits per heavy atom. The van der Waals surface area contributed by atoms with Crippen molar-refractivity contribution in [1.29, 1.82) is 0 Å². The van der Waals surface area contributed by atoms with Gasteiger partial charge in [-0.25, -0.2) is 0 Å². The summed E-state index contributed by atoms with van der Waals surface area (Å²) in [5.41, 5.74) is -0.793. The number of nitrogens with one attached hydrogen (secondary N) is 3. The van der Waals surface area contributed by atoms with Crippen LogP contribution in [0.25, 0.3) is 0 Å². The highest BCUT2D eigenvalue weighted by Crippen LogP contribution is 2.34. The molecule has 3 aliphatic heterocycles. The standard InChI is InChI=1S/C32H59N3O5/c1-27(2)15-21(16-28(3,4)33-27)38-14-13-24(25(36)39-22-17-29(5,6)34-30(7,8)18-22)26(37)40-23-19-31(9,10)35-32(11,12)20-23/h21-24,33-35H,13-20H2,1-12H3. The monoisotopic (exact) mass is 565 g/mol. The summed E-state index contributed by atoms with van der Waals surface area (Å²) in [6.45, 7) is 26.0. The van der Waals surface area contributed by atoms with Gasteiger partial charge in [0, 0.05) is 65.5 Å². The van der Waals surface area contributed by atoms with Crippen LogP contribution in [0.1, 0.15) is 128 Å². The molecule has 3 heterocycles. The second kappa shape index (κ2) is 11.5. The van der Waals surface area contributed by atoms with E-state index in [0.717, 1.165) is 12.8 Å². The van der Waals surface area contributed by atoms with Crippen molar-refractivity contribution in [2.24, 2.45) is 5.92 Å². The lowest BCUT2D eigenvalue weighted by atomic mass is 9.80. The molecule has 3 fully saturated rings. The Morgan fingerprint density at radius 2 is 0.825 bits per heavy atom. The first kappa shape index (κ1) is 33.3. The van der Waals surface area contributed by atoms with Gasteiger partial charge in [0.25, 0.3) is 0 Å². The van der Waals surface area contributed by atoms with E-state index in [1.807, 2.05) is 0 Å². The fourth-order valence-electron chi connectivity index (χ4n) is 8.15. The van der Waals surface area contributed by atoms with Crippen molar-refractivity contribution in [3.05, 3.63) is 0 Å². The number of carbonyl (C=O) groups excluding carboxylic acids is 2. The quantitative estimate of drug-likeness (QED) is 0.279. The van der Waals surface area contributed by atoms with Gasteiger partial charge in [-0.05, 0) is 102 Å². The second-order valence-electron chi connectivity index (χ2n) is 16.9. The maximum atomic E-state index is 13.6. The van der Waals surface area contributed by atoms with Crippen LogP contribution in [-0.4, -0.2) is 70.1 Å². The maximum absolute atomic E-state index is 13.6. The van der Waals surface area contributed by atoms with Crippen molar-refractivity contribution in [1.82, 2.24) is 16.0 Å². The van der Waals surface area contributed by atoms with Crippen LogP contribution in [0, 0.1) is 5.92 Å². The van der Waals surface area contributed by atoms with Crippen LogP contribution >= 0.6 is 0 Å². The van der Waals surface area contributed by atoms with E-state index >= 15 is 0 Å². The minimum absolute atomic E-state index is 0.0487. The van der Waals surface area contributed by atoms with Gasteiger partial charge >= 0.3 is 11.9 Å². The minimum atomic E-state index is -1.01. The van der Waals surface area contributed by atoms with Gasteiger partial charge in [-0.15, -0.1) is 0 Å². The van der Waals surface area contributed by atoms with Crippen LogP contribution in [0.4, 0.5) is 0 Å². The SMILES string of the molecule is CC1(C)CC(OCCC(C(=O)OC2CC(C)(C)NC(C)(C)C2)C(=O)OC2CC(C)(C)NC(C)(C)C2)CC(C)(C)N1. The Bertz CT molecular complexity index is 824. The minimum Gasteiger partial charge on any atom is -0.462 e. The Balaban J connectivity index is 1.71. The van der Waals surface area contributed by atoms with Crippen LogP contribution in [0.2, 0.25) is 0 Å². The van der Waals surface area contributed by atoms with Gasteiger partial charge in [-0.2, -0.15) is 0 Å². The molecule has 232 valence electrons. The molecule has 3 saturated heterocycles. The van der Waals surface area contributed by atoms with E-state index in [9.17, 15) is 9.59 Å². The number of esters is 2. The number of hydrogen-bond acceptors (Lipinski definition) is 8. The first-order chi connectivity index (χ1) is 18.0. The highest BCUT2D eigenvalue weighted by atomic mass is 16.6. The number of carbonyl (C=O) groups is 2. The molecule has 3 rings (SSSR count). The second-order valence-corrected chi connectivity index (χ2v) is 16.9. The number of ether oxygens (including phenoxy) is 3. The van der Waals surface area contributed by atoms with Crippen molar-refractivity contribution in [3.63, 3.8) is 0 Å². The third-order valence-corrected chi connectivity index (χ3v) is 8.35. The summed E-state index contributed by atoms with van der Waals surface area (Å²) in [5.74, 6) is -2.00. The van der Waals surface area contributed by atoms with E-state index in [1.165, 1.54) is 0 Å². The van der Waals surface area contributed by atoms with Crippen molar-refractivity contribution < 1.29 is 23.8 Å².